The number of aromatic amines is 1. The van der Waals surface area contributed by atoms with Crippen molar-refractivity contribution in [3.63, 3.8) is 0 Å². The van der Waals surface area contributed by atoms with E-state index in [1.807, 2.05) is 32.9 Å². The summed E-state index contributed by atoms with van der Waals surface area (Å²) < 4.78 is 5.52. The molecule has 0 saturated carbocycles. The standard InChI is InChI=1S/C14H17N3O3/c1-4-20-10-6-7(2)9(5-8(10)3)12-11(14(18)19)13(15)17-16-12/h5-6H,4H2,1-3H3,(H,18,19)(H3,15,16,17). The molecule has 0 radical (unpaired) electrons. The predicted octanol–water partition coefficient (Wildman–Crippen LogP) is 2.37. The normalized spacial score (nSPS) is 10.6. The maximum absolute atomic E-state index is 11.3. The third-order valence-corrected chi connectivity index (χ3v) is 3.10. The smallest absolute Gasteiger partial charge is 0.341 e. The molecule has 0 amide bonds. The molecular weight excluding hydrogens is 258 g/mol. The van der Waals surface area contributed by atoms with Gasteiger partial charge in [0.25, 0.3) is 0 Å². The number of aromatic carboxylic acids is 1. The molecule has 1 aromatic carbocycles. The van der Waals surface area contributed by atoms with Crippen molar-refractivity contribution in [2.75, 3.05) is 12.3 Å². The summed E-state index contributed by atoms with van der Waals surface area (Å²) in [6.07, 6.45) is 0. The van der Waals surface area contributed by atoms with Crippen LogP contribution in [-0.4, -0.2) is 27.9 Å². The van der Waals surface area contributed by atoms with Crippen LogP contribution < -0.4 is 10.5 Å². The Morgan fingerprint density at radius 2 is 2.10 bits per heavy atom. The molecule has 4 N–H and O–H groups in total. The summed E-state index contributed by atoms with van der Waals surface area (Å²) in [7, 11) is 0. The molecule has 0 fully saturated rings. The highest BCUT2D eigenvalue weighted by molar-refractivity contribution is 6.00. The highest BCUT2D eigenvalue weighted by Gasteiger charge is 2.21. The lowest BCUT2D eigenvalue weighted by molar-refractivity contribution is 0.0699. The first-order valence-corrected chi connectivity index (χ1v) is 6.27. The van der Waals surface area contributed by atoms with Crippen molar-refractivity contribution in [1.29, 1.82) is 0 Å². The predicted molar refractivity (Wildman–Crippen MR) is 76.0 cm³/mol. The molecule has 20 heavy (non-hydrogen) atoms. The molecule has 2 aromatic rings. The minimum atomic E-state index is -1.10. The van der Waals surface area contributed by atoms with Crippen LogP contribution in [0.25, 0.3) is 11.3 Å². The van der Waals surface area contributed by atoms with E-state index in [2.05, 4.69) is 10.2 Å². The number of carboxylic acid groups (broad SMARTS) is 1. The van der Waals surface area contributed by atoms with Gasteiger partial charge in [-0.2, -0.15) is 5.10 Å². The van der Waals surface area contributed by atoms with Crippen LogP contribution >= 0.6 is 0 Å². The van der Waals surface area contributed by atoms with E-state index < -0.39 is 5.97 Å². The third kappa shape index (κ3) is 2.32. The Bertz CT molecular complexity index is 662. The number of ether oxygens (including phenoxy) is 1. The summed E-state index contributed by atoms with van der Waals surface area (Å²) in [4.78, 5) is 11.3. The quantitative estimate of drug-likeness (QED) is 0.795. The average molecular weight is 275 g/mol. The number of carbonyl (C=O) groups is 1. The van der Waals surface area contributed by atoms with Gasteiger partial charge in [0.2, 0.25) is 0 Å². The first-order valence-electron chi connectivity index (χ1n) is 6.27. The third-order valence-electron chi connectivity index (χ3n) is 3.10. The Hall–Kier alpha value is -2.50. The minimum absolute atomic E-state index is 0.00309. The molecular formula is C14H17N3O3. The van der Waals surface area contributed by atoms with Crippen LogP contribution in [-0.2, 0) is 0 Å². The number of nitrogens with one attached hydrogen (secondary N) is 1. The molecule has 0 aliphatic carbocycles. The Kier molecular flexibility index (Phi) is 3.65. The van der Waals surface area contributed by atoms with Crippen LogP contribution in [0.1, 0.15) is 28.4 Å². The van der Waals surface area contributed by atoms with Crippen molar-refractivity contribution in [3.05, 3.63) is 28.8 Å². The zero-order valence-electron chi connectivity index (χ0n) is 11.7. The van der Waals surface area contributed by atoms with Gasteiger partial charge >= 0.3 is 5.97 Å². The van der Waals surface area contributed by atoms with Gasteiger partial charge < -0.3 is 15.6 Å². The summed E-state index contributed by atoms with van der Waals surface area (Å²) in [5.74, 6) is -0.325. The number of nitrogen functional groups attached to an aromatic ring is 1. The monoisotopic (exact) mass is 275 g/mol. The lowest BCUT2D eigenvalue weighted by Gasteiger charge is -2.12. The van der Waals surface area contributed by atoms with Crippen molar-refractivity contribution in [1.82, 2.24) is 10.2 Å². The SMILES string of the molecule is CCOc1cc(C)c(-c2[nH]nc(N)c2C(=O)O)cc1C. The van der Waals surface area contributed by atoms with Crippen molar-refractivity contribution in [2.45, 2.75) is 20.8 Å². The first kappa shape index (κ1) is 13.9. The van der Waals surface area contributed by atoms with Crippen LogP contribution in [0.4, 0.5) is 5.82 Å². The molecule has 0 bridgehead atoms. The second-order valence-electron chi connectivity index (χ2n) is 4.53. The lowest BCUT2D eigenvalue weighted by atomic mass is 9.99. The number of nitrogens with zero attached hydrogens (tertiary/aromatic N) is 1. The van der Waals surface area contributed by atoms with E-state index in [1.54, 1.807) is 0 Å². The maximum atomic E-state index is 11.3. The van der Waals surface area contributed by atoms with E-state index in [4.69, 9.17) is 10.5 Å². The van der Waals surface area contributed by atoms with E-state index in [0.29, 0.717) is 12.3 Å². The molecule has 1 aromatic heterocycles. The molecule has 6 nitrogen and oxygen atoms in total. The molecule has 0 atom stereocenters. The van der Waals surface area contributed by atoms with Gasteiger partial charge in [-0.1, -0.05) is 0 Å². The summed E-state index contributed by atoms with van der Waals surface area (Å²) in [6.45, 7) is 6.30. The summed E-state index contributed by atoms with van der Waals surface area (Å²) >= 11 is 0. The number of rotatable bonds is 4. The molecule has 1 heterocycles. The van der Waals surface area contributed by atoms with E-state index in [-0.39, 0.29) is 11.4 Å². The number of carboxylic acids is 1. The van der Waals surface area contributed by atoms with Crippen LogP contribution in [0, 0.1) is 13.8 Å². The molecule has 0 spiro atoms. The fourth-order valence-corrected chi connectivity index (χ4v) is 2.14. The van der Waals surface area contributed by atoms with E-state index >= 15 is 0 Å². The van der Waals surface area contributed by atoms with E-state index in [0.717, 1.165) is 22.4 Å². The van der Waals surface area contributed by atoms with Crippen LogP contribution in [0.15, 0.2) is 12.1 Å². The summed E-state index contributed by atoms with van der Waals surface area (Å²) in [5, 5.41) is 15.7. The molecule has 0 saturated heterocycles. The Labute approximate surface area is 116 Å². The molecule has 106 valence electrons. The number of hydrogen-bond donors (Lipinski definition) is 3. The second kappa shape index (κ2) is 5.24. The van der Waals surface area contributed by atoms with Crippen molar-refractivity contribution >= 4 is 11.8 Å². The van der Waals surface area contributed by atoms with Gasteiger partial charge in [-0.05, 0) is 44.0 Å². The van der Waals surface area contributed by atoms with Crippen molar-refractivity contribution in [2.24, 2.45) is 0 Å². The highest BCUT2D eigenvalue weighted by atomic mass is 16.5. The average Bonchev–Trinajstić information content (AvgIpc) is 2.75. The number of H-pyrrole nitrogens is 1. The zero-order valence-corrected chi connectivity index (χ0v) is 11.7. The van der Waals surface area contributed by atoms with Gasteiger partial charge in [-0.3, -0.25) is 5.10 Å². The summed E-state index contributed by atoms with van der Waals surface area (Å²) in [5.41, 5.74) is 8.59. The number of hydrogen-bond acceptors (Lipinski definition) is 4. The maximum Gasteiger partial charge on any atom is 0.341 e. The first-order chi connectivity index (χ1) is 9.45. The molecule has 6 heteroatoms. The number of nitrogens with two attached hydrogens (primary N) is 1. The lowest BCUT2D eigenvalue weighted by Crippen LogP contribution is -2.02. The van der Waals surface area contributed by atoms with Crippen LogP contribution in [0.5, 0.6) is 5.75 Å². The highest BCUT2D eigenvalue weighted by Crippen LogP contribution is 2.32. The van der Waals surface area contributed by atoms with Gasteiger partial charge in [0.15, 0.2) is 5.82 Å². The van der Waals surface area contributed by atoms with Gasteiger partial charge in [-0.25, -0.2) is 4.79 Å². The van der Waals surface area contributed by atoms with E-state index in [1.165, 1.54) is 0 Å². The van der Waals surface area contributed by atoms with Crippen molar-refractivity contribution in [3.8, 4) is 17.0 Å². The number of anilines is 1. The fraction of sp³-hybridized carbons (Fsp3) is 0.286. The Balaban J connectivity index is 2.59. The minimum Gasteiger partial charge on any atom is -0.494 e. The number of benzene rings is 1. The molecule has 0 aliphatic heterocycles. The fourth-order valence-electron chi connectivity index (χ4n) is 2.14. The summed E-state index contributed by atoms with van der Waals surface area (Å²) in [6, 6.07) is 3.76. The Morgan fingerprint density at radius 3 is 2.70 bits per heavy atom. The van der Waals surface area contributed by atoms with Crippen molar-refractivity contribution < 1.29 is 14.6 Å². The van der Waals surface area contributed by atoms with Gasteiger partial charge in [-0.15, -0.1) is 0 Å². The second-order valence-corrected chi connectivity index (χ2v) is 4.53. The number of aromatic nitrogens is 2. The van der Waals surface area contributed by atoms with E-state index in [9.17, 15) is 9.90 Å². The molecule has 0 unspecified atom stereocenters. The van der Waals surface area contributed by atoms with Crippen LogP contribution in [0.2, 0.25) is 0 Å². The largest absolute Gasteiger partial charge is 0.494 e. The van der Waals surface area contributed by atoms with Gasteiger partial charge in [0.05, 0.1) is 12.3 Å². The Morgan fingerprint density at radius 1 is 1.40 bits per heavy atom. The molecule has 2 rings (SSSR count). The topological polar surface area (TPSA) is 101 Å². The van der Waals surface area contributed by atoms with Gasteiger partial charge in [0, 0.05) is 5.56 Å². The van der Waals surface area contributed by atoms with Crippen LogP contribution in [0.3, 0.4) is 0 Å². The molecule has 0 aliphatic rings. The zero-order chi connectivity index (χ0) is 14.9. The number of aryl methyl sites for hydroxylation is 2. The van der Waals surface area contributed by atoms with Gasteiger partial charge in [0.1, 0.15) is 11.3 Å².